The average molecular weight is 262 g/mol. The molecule has 0 radical (unpaired) electrons. The third-order valence-electron chi connectivity index (χ3n) is 3.92. The smallest absolute Gasteiger partial charge is 0.247 e. The van der Waals surface area contributed by atoms with E-state index >= 15 is 0 Å². The average Bonchev–Trinajstić information content (AvgIpc) is 2.47. The van der Waals surface area contributed by atoms with Gasteiger partial charge in [0.1, 0.15) is 5.54 Å². The molecule has 1 amide bonds. The number of rotatable bonds is 3. The molecule has 1 aliphatic heterocycles. The molecular weight excluding hydrogens is 240 g/mol. The SMILES string of the molecule is CC(N)(C(=O)N1CCCCC1CO)c1ccccc1. The molecule has 19 heavy (non-hydrogen) atoms. The lowest BCUT2D eigenvalue weighted by molar-refractivity contribution is -0.141. The van der Waals surface area contributed by atoms with E-state index in [0.29, 0.717) is 6.54 Å². The van der Waals surface area contributed by atoms with Crippen LogP contribution in [0.5, 0.6) is 0 Å². The minimum atomic E-state index is -1.04. The maximum absolute atomic E-state index is 12.7. The van der Waals surface area contributed by atoms with E-state index in [2.05, 4.69) is 0 Å². The van der Waals surface area contributed by atoms with Crippen LogP contribution in [0.4, 0.5) is 0 Å². The van der Waals surface area contributed by atoms with Gasteiger partial charge in [-0.15, -0.1) is 0 Å². The third kappa shape index (κ3) is 2.80. The Morgan fingerprint density at radius 1 is 1.42 bits per heavy atom. The number of amides is 1. The van der Waals surface area contributed by atoms with E-state index in [-0.39, 0.29) is 18.6 Å². The van der Waals surface area contributed by atoms with Gasteiger partial charge in [-0.3, -0.25) is 4.79 Å². The standard InChI is InChI=1S/C15H22N2O2/c1-15(16,12-7-3-2-4-8-12)14(19)17-10-6-5-9-13(17)11-18/h2-4,7-8,13,18H,5-6,9-11,16H2,1H3. The molecule has 104 valence electrons. The summed E-state index contributed by atoms with van der Waals surface area (Å²) < 4.78 is 0. The van der Waals surface area contributed by atoms with E-state index in [1.807, 2.05) is 30.3 Å². The molecule has 0 bridgehead atoms. The Balaban J connectivity index is 2.22. The summed E-state index contributed by atoms with van der Waals surface area (Å²) in [6.45, 7) is 2.44. The van der Waals surface area contributed by atoms with E-state index in [1.165, 1.54) is 0 Å². The van der Waals surface area contributed by atoms with Crippen LogP contribution in [0.2, 0.25) is 0 Å². The highest BCUT2D eigenvalue weighted by Gasteiger charge is 2.37. The first kappa shape index (κ1) is 14.0. The van der Waals surface area contributed by atoms with E-state index in [1.54, 1.807) is 11.8 Å². The van der Waals surface area contributed by atoms with E-state index in [9.17, 15) is 9.90 Å². The number of carbonyl (C=O) groups is 1. The molecule has 1 saturated heterocycles. The zero-order valence-electron chi connectivity index (χ0n) is 11.4. The summed E-state index contributed by atoms with van der Waals surface area (Å²) >= 11 is 0. The third-order valence-corrected chi connectivity index (χ3v) is 3.92. The fourth-order valence-corrected chi connectivity index (χ4v) is 2.66. The summed E-state index contributed by atoms with van der Waals surface area (Å²) in [5.41, 5.74) is 6.03. The molecule has 4 nitrogen and oxygen atoms in total. The van der Waals surface area contributed by atoms with Crippen LogP contribution in [-0.2, 0) is 10.3 Å². The van der Waals surface area contributed by atoms with E-state index in [4.69, 9.17) is 5.73 Å². The van der Waals surface area contributed by atoms with Crippen LogP contribution >= 0.6 is 0 Å². The number of benzene rings is 1. The van der Waals surface area contributed by atoms with Crippen LogP contribution < -0.4 is 5.73 Å². The highest BCUT2D eigenvalue weighted by Crippen LogP contribution is 2.25. The van der Waals surface area contributed by atoms with Gasteiger partial charge in [0, 0.05) is 6.54 Å². The maximum Gasteiger partial charge on any atom is 0.247 e. The summed E-state index contributed by atoms with van der Waals surface area (Å²) in [4.78, 5) is 14.4. The van der Waals surface area contributed by atoms with Crippen LogP contribution in [0.3, 0.4) is 0 Å². The van der Waals surface area contributed by atoms with Crippen LogP contribution in [0.15, 0.2) is 30.3 Å². The molecule has 2 atom stereocenters. The number of carbonyl (C=O) groups excluding carboxylic acids is 1. The molecule has 1 heterocycles. The molecule has 4 heteroatoms. The molecule has 2 unspecified atom stereocenters. The summed E-state index contributed by atoms with van der Waals surface area (Å²) in [6, 6.07) is 9.32. The largest absolute Gasteiger partial charge is 0.394 e. The fraction of sp³-hybridized carbons (Fsp3) is 0.533. The lowest BCUT2D eigenvalue weighted by Gasteiger charge is -2.39. The molecular formula is C15H22N2O2. The van der Waals surface area contributed by atoms with Crippen molar-refractivity contribution in [3.63, 3.8) is 0 Å². The molecule has 0 spiro atoms. The summed E-state index contributed by atoms with van der Waals surface area (Å²) in [7, 11) is 0. The van der Waals surface area contributed by atoms with Gasteiger partial charge in [0.05, 0.1) is 12.6 Å². The Kier molecular flexibility index (Phi) is 4.22. The Bertz CT molecular complexity index is 431. The zero-order chi connectivity index (χ0) is 13.9. The molecule has 1 fully saturated rings. The first-order valence-corrected chi connectivity index (χ1v) is 6.83. The van der Waals surface area contributed by atoms with Crippen molar-refractivity contribution < 1.29 is 9.90 Å². The zero-order valence-corrected chi connectivity index (χ0v) is 11.4. The summed E-state index contributed by atoms with van der Waals surface area (Å²) in [5.74, 6) is -0.0996. The quantitative estimate of drug-likeness (QED) is 0.861. The van der Waals surface area contributed by atoms with Crippen LogP contribution in [0.25, 0.3) is 0 Å². The molecule has 1 aliphatic rings. The summed E-state index contributed by atoms with van der Waals surface area (Å²) in [5, 5.41) is 9.41. The predicted octanol–water partition coefficient (Wildman–Crippen LogP) is 1.23. The minimum absolute atomic E-state index is 0.0105. The molecule has 1 aromatic rings. The van der Waals surface area contributed by atoms with Gasteiger partial charge in [-0.05, 0) is 31.7 Å². The van der Waals surface area contributed by atoms with Crippen LogP contribution in [0.1, 0.15) is 31.7 Å². The number of piperidine rings is 1. The second-order valence-corrected chi connectivity index (χ2v) is 5.40. The first-order chi connectivity index (χ1) is 9.07. The van der Waals surface area contributed by atoms with Crippen molar-refractivity contribution in [2.45, 2.75) is 37.8 Å². The number of aliphatic hydroxyl groups is 1. The lowest BCUT2D eigenvalue weighted by atomic mass is 9.89. The Labute approximate surface area is 114 Å². The van der Waals surface area contributed by atoms with Crippen molar-refractivity contribution in [3.8, 4) is 0 Å². The second-order valence-electron chi connectivity index (χ2n) is 5.40. The van der Waals surface area contributed by atoms with E-state index < -0.39 is 5.54 Å². The Hall–Kier alpha value is -1.39. The molecule has 3 N–H and O–H groups in total. The number of nitrogens with two attached hydrogens (primary N) is 1. The van der Waals surface area contributed by atoms with Gasteiger partial charge in [-0.2, -0.15) is 0 Å². The maximum atomic E-state index is 12.7. The van der Waals surface area contributed by atoms with Crippen molar-refractivity contribution in [2.75, 3.05) is 13.2 Å². The molecule has 0 aromatic heterocycles. The van der Waals surface area contributed by atoms with Gasteiger partial charge in [-0.1, -0.05) is 30.3 Å². The number of hydrogen-bond acceptors (Lipinski definition) is 3. The van der Waals surface area contributed by atoms with Crippen molar-refractivity contribution in [3.05, 3.63) is 35.9 Å². The van der Waals surface area contributed by atoms with E-state index in [0.717, 1.165) is 24.8 Å². The minimum Gasteiger partial charge on any atom is -0.394 e. The second kappa shape index (κ2) is 5.72. The first-order valence-electron chi connectivity index (χ1n) is 6.83. The van der Waals surface area contributed by atoms with Gasteiger partial charge in [-0.25, -0.2) is 0 Å². The van der Waals surface area contributed by atoms with Gasteiger partial charge in [0.2, 0.25) is 5.91 Å². The van der Waals surface area contributed by atoms with Gasteiger partial charge in [0.25, 0.3) is 0 Å². The number of nitrogens with zero attached hydrogens (tertiary/aromatic N) is 1. The van der Waals surface area contributed by atoms with Crippen LogP contribution in [0, 0.1) is 0 Å². The molecule has 1 aromatic carbocycles. The monoisotopic (exact) mass is 262 g/mol. The molecule has 0 saturated carbocycles. The van der Waals surface area contributed by atoms with Crippen LogP contribution in [-0.4, -0.2) is 35.1 Å². The fourth-order valence-electron chi connectivity index (χ4n) is 2.66. The Morgan fingerprint density at radius 3 is 2.74 bits per heavy atom. The predicted molar refractivity (Wildman–Crippen MR) is 74.4 cm³/mol. The molecule has 2 rings (SSSR count). The highest BCUT2D eigenvalue weighted by molar-refractivity contribution is 5.87. The van der Waals surface area contributed by atoms with Gasteiger partial charge in [0.15, 0.2) is 0 Å². The topological polar surface area (TPSA) is 66.6 Å². The van der Waals surface area contributed by atoms with Crippen molar-refractivity contribution in [2.24, 2.45) is 5.73 Å². The van der Waals surface area contributed by atoms with Crippen molar-refractivity contribution in [1.82, 2.24) is 4.90 Å². The Morgan fingerprint density at radius 2 is 2.11 bits per heavy atom. The normalized spacial score (nSPS) is 22.9. The van der Waals surface area contributed by atoms with Crippen molar-refractivity contribution >= 4 is 5.91 Å². The lowest BCUT2D eigenvalue weighted by Crippen LogP contribution is -2.56. The number of aliphatic hydroxyl groups excluding tert-OH is 1. The number of likely N-dealkylation sites (tertiary alicyclic amines) is 1. The van der Waals surface area contributed by atoms with Gasteiger partial charge < -0.3 is 15.7 Å². The van der Waals surface area contributed by atoms with Gasteiger partial charge >= 0.3 is 0 Å². The summed E-state index contributed by atoms with van der Waals surface area (Å²) in [6.07, 6.45) is 2.89. The van der Waals surface area contributed by atoms with Crippen molar-refractivity contribution in [1.29, 1.82) is 0 Å². The number of hydrogen-bond donors (Lipinski definition) is 2. The highest BCUT2D eigenvalue weighted by atomic mass is 16.3. The molecule has 0 aliphatic carbocycles.